The van der Waals surface area contributed by atoms with Crippen LogP contribution in [0.2, 0.25) is 5.02 Å². The lowest BCUT2D eigenvalue weighted by molar-refractivity contribution is 0.102. The van der Waals surface area contributed by atoms with E-state index in [9.17, 15) is 14.0 Å². The molecule has 1 amide bonds. The first-order valence-corrected chi connectivity index (χ1v) is 7.23. The molecule has 1 aromatic carbocycles. The van der Waals surface area contributed by atoms with E-state index < -0.39 is 17.3 Å². The summed E-state index contributed by atoms with van der Waals surface area (Å²) in [5.41, 5.74) is 0.291. The lowest BCUT2D eigenvalue weighted by Gasteiger charge is -2.09. The fraction of sp³-hybridized carbons (Fsp3) is 0.0667. The second-order valence-electron chi connectivity index (χ2n) is 4.88. The Morgan fingerprint density at radius 1 is 1.29 bits per heavy atom. The van der Waals surface area contributed by atoms with Crippen molar-refractivity contribution in [2.75, 3.05) is 5.32 Å². The van der Waals surface area contributed by atoms with Crippen LogP contribution in [-0.4, -0.2) is 25.9 Å². The Kier molecular flexibility index (Phi) is 4.39. The molecule has 0 saturated carbocycles. The molecule has 2 N–H and O–H groups in total. The zero-order chi connectivity index (χ0) is 17.1. The fourth-order valence-corrected chi connectivity index (χ4v) is 2.14. The summed E-state index contributed by atoms with van der Waals surface area (Å²) in [4.78, 5) is 23.1. The van der Waals surface area contributed by atoms with Gasteiger partial charge in [0.2, 0.25) is 0 Å². The molecule has 0 spiro atoms. The summed E-state index contributed by atoms with van der Waals surface area (Å²) in [6.07, 6.45) is 1.50. The Hall–Kier alpha value is -3.00. The van der Waals surface area contributed by atoms with Crippen LogP contribution in [0.5, 0.6) is 0 Å². The van der Waals surface area contributed by atoms with Crippen LogP contribution in [0.25, 0.3) is 0 Å². The van der Waals surface area contributed by atoms with Gasteiger partial charge in [-0.2, -0.15) is 10.2 Å². The zero-order valence-electron chi connectivity index (χ0n) is 12.2. The number of halogens is 2. The molecule has 3 aromatic rings. The molecule has 2 aromatic heterocycles. The molecule has 0 aliphatic rings. The number of nitrogens with one attached hydrogen (secondary N) is 2. The minimum atomic E-state index is -0.524. The molecule has 0 atom stereocenters. The van der Waals surface area contributed by atoms with Gasteiger partial charge in [-0.3, -0.25) is 9.59 Å². The van der Waals surface area contributed by atoms with Gasteiger partial charge in [0.15, 0.2) is 0 Å². The van der Waals surface area contributed by atoms with Crippen LogP contribution < -0.4 is 10.9 Å². The number of anilines is 1. The normalized spacial score (nSPS) is 10.6. The van der Waals surface area contributed by atoms with E-state index in [1.165, 1.54) is 35.1 Å². The number of hydrogen-bond acceptors (Lipinski definition) is 4. The van der Waals surface area contributed by atoms with Gasteiger partial charge in [0.1, 0.15) is 17.3 Å². The molecule has 3 rings (SSSR count). The smallest absolute Gasteiger partial charge is 0.277 e. The van der Waals surface area contributed by atoms with E-state index in [2.05, 4.69) is 20.6 Å². The number of carbonyl (C=O) groups excluding carboxylic acids is 1. The number of hydrogen-bond donors (Lipinski definition) is 2. The van der Waals surface area contributed by atoms with E-state index in [4.69, 9.17) is 11.6 Å². The highest BCUT2D eigenvalue weighted by Crippen LogP contribution is 2.17. The topological polar surface area (TPSA) is 92.7 Å². The number of amides is 1. The lowest BCUT2D eigenvalue weighted by Crippen LogP contribution is -2.19. The van der Waals surface area contributed by atoms with Gasteiger partial charge < -0.3 is 5.32 Å². The monoisotopic (exact) mass is 347 g/mol. The summed E-state index contributed by atoms with van der Waals surface area (Å²) in [5, 5.41) is 12.6. The molecule has 0 radical (unpaired) electrons. The second kappa shape index (κ2) is 6.63. The molecule has 122 valence electrons. The highest BCUT2D eigenvalue weighted by molar-refractivity contribution is 6.30. The van der Waals surface area contributed by atoms with Gasteiger partial charge in [-0.25, -0.2) is 14.2 Å². The van der Waals surface area contributed by atoms with Gasteiger partial charge in [0.25, 0.3) is 11.5 Å². The van der Waals surface area contributed by atoms with E-state index in [1.54, 1.807) is 12.1 Å². The highest BCUT2D eigenvalue weighted by Gasteiger charge is 2.12. The number of aromatic amines is 1. The average molecular weight is 348 g/mol. The first-order valence-electron chi connectivity index (χ1n) is 6.86. The predicted octanol–water partition coefficient (Wildman–Crippen LogP) is 2.06. The third-order valence-corrected chi connectivity index (χ3v) is 3.49. The maximum absolute atomic E-state index is 13.5. The van der Waals surface area contributed by atoms with Crippen LogP contribution >= 0.6 is 11.6 Å². The highest BCUT2D eigenvalue weighted by atomic mass is 35.5. The molecule has 0 unspecified atom stereocenters. The first-order chi connectivity index (χ1) is 11.5. The summed E-state index contributed by atoms with van der Waals surface area (Å²) in [5.74, 6) is -0.622. The van der Waals surface area contributed by atoms with Gasteiger partial charge in [-0.1, -0.05) is 17.7 Å². The number of aromatic nitrogens is 4. The summed E-state index contributed by atoms with van der Waals surface area (Å²) in [6.45, 7) is 0.246. The van der Waals surface area contributed by atoms with Crippen molar-refractivity contribution < 1.29 is 9.18 Å². The van der Waals surface area contributed by atoms with Crippen LogP contribution in [0.15, 0.2) is 47.4 Å². The number of benzene rings is 1. The van der Waals surface area contributed by atoms with Crippen LogP contribution in [0, 0.1) is 5.82 Å². The van der Waals surface area contributed by atoms with E-state index >= 15 is 0 Å². The number of nitrogens with zero attached hydrogens (tertiary/aromatic N) is 3. The molecule has 24 heavy (non-hydrogen) atoms. The molecule has 0 saturated heterocycles. The summed E-state index contributed by atoms with van der Waals surface area (Å²) < 4.78 is 15.0. The average Bonchev–Trinajstić information content (AvgIpc) is 2.98. The van der Waals surface area contributed by atoms with Crippen LogP contribution in [-0.2, 0) is 6.54 Å². The second-order valence-corrected chi connectivity index (χ2v) is 5.29. The minimum absolute atomic E-state index is 0.0388. The molecular weight excluding hydrogens is 337 g/mol. The Balaban J connectivity index is 1.77. The van der Waals surface area contributed by atoms with Crippen molar-refractivity contribution in [3.05, 3.63) is 75.0 Å². The Morgan fingerprint density at radius 2 is 2.12 bits per heavy atom. The van der Waals surface area contributed by atoms with Crippen LogP contribution in [0.1, 0.15) is 16.1 Å². The predicted molar refractivity (Wildman–Crippen MR) is 85.5 cm³/mol. The Morgan fingerprint density at radius 3 is 2.83 bits per heavy atom. The molecule has 0 aliphatic carbocycles. The van der Waals surface area contributed by atoms with Crippen molar-refractivity contribution in [3.8, 4) is 0 Å². The maximum atomic E-state index is 13.5. The van der Waals surface area contributed by atoms with Crippen molar-refractivity contribution in [2.24, 2.45) is 0 Å². The third-order valence-electron chi connectivity index (χ3n) is 3.19. The Bertz CT molecular complexity index is 933. The number of carbonyl (C=O) groups is 1. The minimum Gasteiger partial charge on any atom is -0.305 e. The van der Waals surface area contributed by atoms with Crippen molar-refractivity contribution in [3.63, 3.8) is 0 Å². The fourth-order valence-electron chi connectivity index (χ4n) is 2.03. The first kappa shape index (κ1) is 15.9. The van der Waals surface area contributed by atoms with E-state index in [0.29, 0.717) is 11.4 Å². The van der Waals surface area contributed by atoms with Crippen molar-refractivity contribution in [1.29, 1.82) is 0 Å². The van der Waals surface area contributed by atoms with Gasteiger partial charge in [-0.15, -0.1) is 0 Å². The molecule has 0 fully saturated rings. The molecule has 7 nitrogen and oxygen atoms in total. The van der Waals surface area contributed by atoms with E-state index in [-0.39, 0.29) is 17.3 Å². The summed E-state index contributed by atoms with van der Waals surface area (Å²) in [6, 6.07) is 8.54. The summed E-state index contributed by atoms with van der Waals surface area (Å²) >= 11 is 5.65. The van der Waals surface area contributed by atoms with Crippen molar-refractivity contribution in [2.45, 2.75) is 6.54 Å². The SMILES string of the molecule is O=C(Nc1ccnn1Cc1ccc(Cl)c(F)c1)c1ccc(=O)[nH]n1. The van der Waals surface area contributed by atoms with Crippen LogP contribution in [0.4, 0.5) is 10.2 Å². The van der Waals surface area contributed by atoms with E-state index in [1.807, 2.05) is 0 Å². The molecule has 9 heteroatoms. The van der Waals surface area contributed by atoms with Gasteiger partial charge in [0, 0.05) is 12.1 Å². The zero-order valence-corrected chi connectivity index (χ0v) is 12.9. The van der Waals surface area contributed by atoms with Gasteiger partial charge in [0.05, 0.1) is 17.8 Å². The molecule has 2 heterocycles. The summed E-state index contributed by atoms with van der Waals surface area (Å²) in [7, 11) is 0. The molecule has 0 aliphatic heterocycles. The standard InChI is InChI=1S/C15H11ClFN5O2/c16-10-2-1-9(7-11(10)17)8-22-13(5-6-18-22)19-15(24)12-3-4-14(23)21-20-12/h1-7H,8H2,(H,19,24)(H,21,23). The van der Waals surface area contributed by atoms with Gasteiger partial charge >= 0.3 is 0 Å². The molecule has 0 bridgehead atoms. The third kappa shape index (κ3) is 3.49. The lowest BCUT2D eigenvalue weighted by atomic mass is 10.2. The Labute approximate surface area is 140 Å². The van der Waals surface area contributed by atoms with Gasteiger partial charge in [-0.05, 0) is 23.8 Å². The maximum Gasteiger partial charge on any atom is 0.277 e. The quantitative estimate of drug-likeness (QED) is 0.755. The number of rotatable bonds is 4. The molecular formula is C15H11ClFN5O2. The van der Waals surface area contributed by atoms with Crippen LogP contribution in [0.3, 0.4) is 0 Å². The van der Waals surface area contributed by atoms with Crippen molar-refractivity contribution in [1.82, 2.24) is 20.0 Å². The number of H-pyrrole nitrogens is 1. The van der Waals surface area contributed by atoms with E-state index in [0.717, 1.165) is 0 Å². The largest absolute Gasteiger partial charge is 0.305 e. The van der Waals surface area contributed by atoms with Crippen molar-refractivity contribution >= 4 is 23.3 Å².